The van der Waals surface area contributed by atoms with E-state index in [4.69, 9.17) is 23.2 Å². The Kier molecular flexibility index (Phi) is 6.26. The number of hydrogen-bond acceptors (Lipinski definition) is 3. The standard InChI is InChI=1S/C15H21Cl2N3OS/c1-18-14(19-9-15(21)5-6-22-10-15)20(2)8-11-3-4-12(16)13(17)7-11/h3-4,7,21H,5-6,8-10H2,1-2H3,(H,18,19). The van der Waals surface area contributed by atoms with Crippen LogP contribution >= 0.6 is 35.0 Å². The fourth-order valence-corrected chi connectivity index (χ4v) is 3.97. The van der Waals surface area contributed by atoms with Gasteiger partial charge in [0.15, 0.2) is 5.96 Å². The number of thioether (sulfide) groups is 1. The van der Waals surface area contributed by atoms with Crippen molar-refractivity contribution in [1.82, 2.24) is 10.2 Å². The molecule has 1 aromatic carbocycles. The normalized spacial score (nSPS) is 22.0. The van der Waals surface area contributed by atoms with Crippen LogP contribution in [0.1, 0.15) is 12.0 Å². The van der Waals surface area contributed by atoms with Crippen molar-refractivity contribution in [1.29, 1.82) is 0 Å². The molecule has 4 nitrogen and oxygen atoms in total. The smallest absolute Gasteiger partial charge is 0.193 e. The van der Waals surface area contributed by atoms with Crippen molar-refractivity contribution in [2.45, 2.75) is 18.6 Å². The monoisotopic (exact) mass is 361 g/mol. The molecule has 1 fully saturated rings. The number of halogens is 2. The van der Waals surface area contributed by atoms with Gasteiger partial charge in [-0.1, -0.05) is 29.3 Å². The van der Waals surface area contributed by atoms with Crippen molar-refractivity contribution < 1.29 is 5.11 Å². The summed E-state index contributed by atoms with van der Waals surface area (Å²) < 4.78 is 0. The number of benzene rings is 1. The molecule has 0 amide bonds. The van der Waals surface area contributed by atoms with E-state index in [1.54, 1.807) is 24.9 Å². The van der Waals surface area contributed by atoms with E-state index in [2.05, 4.69) is 10.3 Å². The van der Waals surface area contributed by atoms with Crippen LogP contribution in [0.25, 0.3) is 0 Å². The summed E-state index contributed by atoms with van der Waals surface area (Å²) in [6.07, 6.45) is 0.818. The van der Waals surface area contributed by atoms with E-state index >= 15 is 0 Å². The molecule has 2 rings (SSSR count). The highest BCUT2D eigenvalue weighted by Gasteiger charge is 2.31. The van der Waals surface area contributed by atoms with Crippen LogP contribution in [0.5, 0.6) is 0 Å². The lowest BCUT2D eigenvalue weighted by Gasteiger charge is -2.27. The summed E-state index contributed by atoms with van der Waals surface area (Å²) in [5, 5.41) is 14.7. The number of rotatable bonds is 4. The summed E-state index contributed by atoms with van der Waals surface area (Å²) in [5.74, 6) is 2.53. The van der Waals surface area contributed by atoms with Gasteiger partial charge in [-0.25, -0.2) is 0 Å². The van der Waals surface area contributed by atoms with Gasteiger partial charge in [0.1, 0.15) is 0 Å². The molecule has 1 unspecified atom stereocenters. The van der Waals surface area contributed by atoms with Crippen molar-refractivity contribution in [3.05, 3.63) is 33.8 Å². The quantitative estimate of drug-likeness (QED) is 0.639. The zero-order chi connectivity index (χ0) is 16.2. The Hall–Kier alpha value is -0.620. The molecule has 22 heavy (non-hydrogen) atoms. The van der Waals surface area contributed by atoms with E-state index in [-0.39, 0.29) is 0 Å². The lowest BCUT2D eigenvalue weighted by atomic mass is 10.0. The van der Waals surface area contributed by atoms with Crippen molar-refractivity contribution in [3.63, 3.8) is 0 Å². The Morgan fingerprint density at radius 1 is 1.45 bits per heavy atom. The summed E-state index contributed by atoms with van der Waals surface area (Å²) in [6, 6.07) is 5.59. The largest absolute Gasteiger partial charge is 0.387 e. The minimum atomic E-state index is -0.634. The molecular formula is C15H21Cl2N3OS. The van der Waals surface area contributed by atoms with E-state index in [9.17, 15) is 5.11 Å². The third-order valence-corrected chi connectivity index (χ3v) is 5.61. The first kappa shape index (κ1) is 17.7. The maximum Gasteiger partial charge on any atom is 0.193 e. The number of hydrogen-bond donors (Lipinski definition) is 2. The number of aliphatic hydroxyl groups is 1. The van der Waals surface area contributed by atoms with E-state index < -0.39 is 5.60 Å². The Morgan fingerprint density at radius 2 is 2.23 bits per heavy atom. The van der Waals surface area contributed by atoms with Crippen LogP contribution in [-0.2, 0) is 6.54 Å². The molecule has 2 N–H and O–H groups in total. The van der Waals surface area contributed by atoms with E-state index in [0.717, 1.165) is 29.4 Å². The summed E-state index contributed by atoms with van der Waals surface area (Å²) >= 11 is 13.8. The van der Waals surface area contributed by atoms with E-state index in [0.29, 0.717) is 23.1 Å². The minimum absolute atomic E-state index is 0.512. The third kappa shape index (κ3) is 4.69. The molecule has 1 heterocycles. The van der Waals surface area contributed by atoms with Crippen molar-refractivity contribution >= 4 is 40.9 Å². The molecule has 0 aliphatic carbocycles. The third-order valence-electron chi connectivity index (χ3n) is 3.64. The first-order valence-electron chi connectivity index (χ1n) is 7.09. The lowest BCUT2D eigenvalue weighted by Crippen LogP contribution is -2.47. The van der Waals surface area contributed by atoms with Gasteiger partial charge < -0.3 is 15.3 Å². The zero-order valence-corrected chi connectivity index (χ0v) is 15.1. The number of guanidine groups is 1. The molecule has 1 aliphatic heterocycles. The highest BCUT2D eigenvalue weighted by Crippen LogP contribution is 2.27. The predicted molar refractivity (Wildman–Crippen MR) is 96.2 cm³/mol. The van der Waals surface area contributed by atoms with Crippen molar-refractivity contribution in [2.24, 2.45) is 4.99 Å². The number of nitrogens with one attached hydrogen (secondary N) is 1. The second-order valence-electron chi connectivity index (χ2n) is 5.53. The van der Waals surface area contributed by atoms with Gasteiger partial charge in [-0.05, 0) is 29.9 Å². The van der Waals surface area contributed by atoms with Crippen LogP contribution in [-0.4, -0.2) is 53.7 Å². The van der Waals surface area contributed by atoms with Crippen LogP contribution in [0.3, 0.4) is 0 Å². The lowest BCUT2D eigenvalue weighted by molar-refractivity contribution is 0.0718. The second-order valence-corrected chi connectivity index (χ2v) is 7.45. The van der Waals surface area contributed by atoms with E-state index in [1.165, 1.54) is 0 Å². The average Bonchev–Trinajstić information content (AvgIpc) is 2.90. The molecule has 1 aromatic rings. The molecule has 7 heteroatoms. The summed E-state index contributed by atoms with van der Waals surface area (Å²) in [7, 11) is 3.69. The van der Waals surface area contributed by atoms with Gasteiger partial charge in [-0.3, -0.25) is 4.99 Å². The van der Waals surface area contributed by atoms with Gasteiger partial charge in [-0.2, -0.15) is 11.8 Å². The Labute approximate surface area is 145 Å². The molecule has 0 bridgehead atoms. The van der Waals surface area contributed by atoms with Gasteiger partial charge in [0, 0.05) is 32.9 Å². The van der Waals surface area contributed by atoms with Crippen LogP contribution in [0.4, 0.5) is 0 Å². The molecule has 0 radical (unpaired) electrons. The first-order valence-corrected chi connectivity index (χ1v) is 9.00. The molecule has 0 aromatic heterocycles. The molecule has 122 valence electrons. The second kappa shape index (κ2) is 7.77. The van der Waals surface area contributed by atoms with Gasteiger partial charge >= 0.3 is 0 Å². The van der Waals surface area contributed by atoms with Crippen LogP contribution in [0.15, 0.2) is 23.2 Å². The Bertz CT molecular complexity index is 548. The highest BCUT2D eigenvalue weighted by atomic mass is 35.5. The summed E-state index contributed by atoms with van der Waals surface area (Å²) in [4.78, 5) is 6.26. The van der Waals surface area contributed by atoms with E-state index in [1.807, 2.05) is 24.1 Å². The molecule has 1 atom stereocenters. The molecular weight excluding hydrogens is 341 g/mol. The Balaban J connectivity index is 1.93. The van der Waals surface area contributed by atoms with Gasteiger partial charge in [0.25, 0.3) is 0 Å². The SMILES string of the molecule is CN=C(NCC1(O)CCSC1)N(C)Cc1ccc(Cl)c(Cl)c1. The van der Waals surface area contributed by atoms with Crippen LogP contribution < -0.4 is 5.32 Å². The average molecular weight is 362 g/mol. The summed E-state index contributed by atoms with van der Waals surface area (Å²) in [5.41, 5.74) is 0.417. The topological polar surface area (TPSA) is 47.9 Å². The summed E-state index contributed by atoms with van der Waals surface area (Å²) in [6.45, 7) is 1.17. The van der Waals surface area contributed by atoms with Crippen molar-refractivity contribution in [2.75, 3.05) is 32.1 Å². The van der Waals surface area contributed by atoms with Crippen molar-refractivity contribution in [3.8, 4) is 0 Å². The Morgan fingerprint density at radius 3 is 2.82 bits per heavy atom. The predicted octanol–water partition coefficient (Wildman–Crippen LogP) is 2.87. The van der Waals surface area contributed by atoms with Crippen LogP contribution in [0.2, 0.25) is 10.0 Å². The molecule has 1 saturated heterocycles. The van der Waals surface area contributed by atoms with Gasteiger partial charge in [-0.15, -0.1) is 0 Å². The maximum atomic E-state index is 10.4. The first-order chi connectivity index (χ1) is 10.4. The number of aliphatic imine (C=N–C) groups is 1. The van der Waals surface area contributed by atoms with Crippen LogP contribution in [0, 0.1) is 0 Å². The van der Waals surface area contributed by atoms with Gasteiger partial charge in [0.05, 0.1) is 15.6 Å². The zero-order valence-electron chi connectivity index (χ0n) is 12.8. The molecule has 1 aliphatic rings. The maximum absolute atomic E-state index is 10.4. The molecule has 0 spiro atoms. The fourth-order valence-electron chi connectivity index (χ4n) is 2.35. The number of nitrogens with zero attached hydrogens (tertiary/aromatic N) is 2. The fraction of sp³-hybridized carbons (Fsp3) is 0.533. The minimum Gasteiger partial charge on any atom is -0.387 e. The van der Waals surface area contributed by atoms with Gasteiger partial charge in [0.2, 0.25) is 0 Å². The molecule has 0 saturated carbocycles. The highest BCUT2D eigenvalue weighted by molar-refractivity contribution is 7.99.